The number of ether oxygens (including phenoxy) is 1. The van der Waals surface area contributed by atoms with E-state index in [0.29, 0.717) is 16.7 Å². The summed E-state index contributed by atoms with van der Waals surface area (Å²) >= 11 is 0. The highest BCUT2D eigenvalue weighted by atomic mass is 19.1. The molecular formula is C9H6FO2. The molecule has 12 heavy (non-hydrogen) atoms. The van der Waals surface area contributed by atoms with Gasteiger partial charge in [0.2, 0.25) is 0 Å². The Balaban J connectivity index is 2.80. The lowest BCUT2D eigenvalue weighted by Crippen LogP contribution is -1.84. The molecule has 0 amide bonds. The maximum atomic E-state index is 12.8. The Morgan fingerprint density at radius 1 is 1.50 bits per heavy atom. The molecule has 2 nitrogen and oxygen atoms in total. The molecule has 0 aliphatic heterocycles. The minimum atomic E-state index is -0.339. The first-order valence-corrected chi connectivity index (χ1v) is 3.44. The van der Waals surface area contributed by atoms with E-state index in [2.05, 4.69) is 6.26 Å². The van der Waals surface area contributed by atoms with Crippen molar-refractivity contribution in [1.29, 1.82) is 0 Å². The molecule has 1 radical (unpaired) electrons. The number of hydrogen-bond donors (Lipinski definition) is 0. The van der Waals surface area contributed by atoms with Crippen molar-refractivity contribution >= 4 is 11.0 Å². The first-order valence-electron chi connectivity index (χ1n) is 3.44. The van der Waals surface area contributed by atoms with Crippen LogP contribution in [0, 0.1) is 12.1 Å². The van der Waals surface area contributed by atoms with E-state index in [-0.39, 0.29) is 5.82 Å². The quantitative estimate of drug-likeness (QED) is 0.647. The molecule has 2 aromatic rings. The van der Waals surface area contributed by atoms with E-state index in [1.54, 1.807) is 6.07 Å². The summed E-state index contributed by atoms with van der Waals surface area (Å²) in [5.41, 5.74) is 0.527. The predicted octanol–water partition coefficient (Wildman–Crippen LogP) is 2.38. The van der Waals surface area contributed by atoms with Gasteiger partial charge in [0, 0.05) is 11.5 Å². The summed E-state index contributed by atoms with van der Waals surface area (Å²) in [6, 6.07) is 4.22. The average Bonchev–Trinajstić information content (AvgIpc) is 2.50. The van der Waals surface area contributed by atoms with Gasteiger partial charge in [-0.05, 0) is 12.1 Å². The molecule has 0 aliphatic rings. The number of benzene rings is 1. The van der Waals surface area contributed by atoms with Crippen molar-refractivity contribution in [2.45, 2.75) is 0 Å². The van der Waals surface area contributed by atoms with Crippen LogP contribution in [0.5, 0.6) is 5.75 Å². The van der Waals surface area contributed by atoms with Crippen molar-refractivity contribution in [2.24, 2.45) is 0 Å². The van der Waals surface area contributed by atoms with Crippen LogP contribution in [-0.2, 0) is 0 Å². The van der Waals surface area contributed by atoms with Gasteiger partial charge in [0.1, 0.15) is 5.82 Å². The zero-order chi connectivity index (χ0) is 8.55. The van der Waals surface area contributed by atoms with E-state index in [1.807, 2.05) is 0 Å². The highest BCUT2D eigenvalue weighted by Crippen LogP contribution is 2.27. The normalized spacial score (nSPS) is 10.5. The summed E-state index contributed by atoms with van der Waals surface area (Å²) in [6.45, 7) is 0. The van der Waals surface area contributed by atoms with E-state index >= 15 is 0 Å². The van der Waals surface area contributed by atoms with Gasteiger partial charge in [-0.2, -0.15) is 0 Å². The van der Waals surface area contributed by atoms with E-state index in [0.717, 1.165) is 0 Å². The Morgan fingerprint density at radius 3 is 3.08 bits per heavy atom. The van der Waals surface area contributed by atoms with Crippen LogP contribution >= 0.6 is 0 Å². The lowest BCUT2D eigenvalue weighted by molar-refractivity contribution is 0.406. The topological polar surface area (TPSA) is 22.4 Å². The van der Waals surface area contributed by atoms with Gasteiger partial charge in [-0.15, -0.1) is 0 Å². The molecule has 1 aromatic carbocycles. The van der Waals surface area contributed by atoms with Gasteiger partial charge >= 0.3 is 0 Å². The summed E-state index contributed by atoms with van der Waals surface area (Å²) in [5.74, 6) is 0.0559. The van der Waals surface area contributed by atoms with Crippen molar-refractivity contribution in [3.8, 4) is 5.75 Å². The summed E-state index contributed by atoms with van der Waals surface area (Å²) in [6.07, 6.45) is 2.52. The van der Waals surface area contributed by atoms with Gasteiger partial charge in [-0.1, -0.05) is 0 Å². The number of furan rings is 1. The Labute approximate surface area is 68.6 Å². The smallest absolute Gasteiger partial charge is 0.177 e. The molecular weight excluding hydrogens is 159 g/mol. The summed E-state index contributed by atoms with van der Waals surface area (Å²) < 4.78 is 22.7. The summed E-state index contributed by atoms with van der Waals surface area (Å²) in [5, 5.41) is 0.659. The fourth-order valence-electron chi connectivity index (χ4n) is 1.11. The van der Waals surface area contributed by atoms with Gasteiger partial charge in [-0.3, -0.25) is 0 Å². The van der Waals surface area contributed by atoms with Crippen LogP contribution in [0.1, 0.15) is 0 Å². The molecule has 1 aromatic heterocycles. The molecule has 0 aliphatic carbocycles. The molecule has 0 saturated heterocycles. The van der Waals surface area contributed by atoms with Crippen LogP contribution in [0.25, 0.3) is 11.0 Å². The van der Waals surface area contributed by atoms with Crippen LogP contribution in [-0.4, -0.2) is 7.11 Å². The number of halogens is 1. The minimum absolute atomic E-state index is 0.339. The van der Waals surface area contributed by atoms with Gasteiger partial charge in [0.15, 0.2) is 17.6 Å². The van der Waals surface area contributed by atoms with E-state index in [9.17, 15) is 4.39 Å². The summed E-state index contributed by atoms with van der Waals surface area (Å²) in [7, 11) is 1.47. The van der Waals surface area contributed by atoms with E-state index < -0.39 is 0 Å². The molecule has 0 fully saturated rings. The van der Waals surface area contributed by atoms with Gasteiger partial charge < -0.3 is 9.15 Å². The second-order valence-corrected chi connectivity index (χ2v) is 2.39. The third kappa shape index (κ3) is 0.942. The third-order valence-corrected chi connectivity index (χ3v) is 1.64. The fourth-order valence-corrected chi connectivity index (χ4v) is 1.11. The maximum Gasteiger partial charge on any atom is 0.177 e. The van der Waals surface area contributed by atoms with Crippen LogP contribution in [0.4, 0.5) is 4.39 Å². The monoisotopic (exact) mass is 165 g/mol. The van der Waals surface area contributed by atoms with E-state index in [1.165, 1.54) is 19.2 Å². The van der Waals surface area contributed by atoms with Crippen molar-refractivity contribution in [3.05, 3.63) is 30.3 Å². The first kappa shape index (κ1) is 7.16. The van der Waals surface area contributed by atoms with Crippen LogP contribution < -0.4 is 4.74 Å². The highest BCUT2D eigenvalue weighted by molar-refractivity contribution is 5.82. The first-order chi connectivity index (χ1) is 5.81. The predicted molar refractivity (Wildman–Crippen MR) is 41.6 cm³/mol. The van der Waals surface area contributed by atoms with Crippen LogP contribution in [0.3, 0.4) is 0 Å². The minimum Gasteiger partial charge on any atom is -0.493 e. The number of methoxy groups -OCH3 is 1. The van der Waals surface area contributed by atoms with Crippen LogP contribution in [0.2, 0.25) is 0 Å². The lowest BCUT2D eigenvalue weighted by atomic mass is 10.2. The fraction of sp³-hybridized carbons (Fsp3) is 0.111. The standard InChI is InChI=1S/C9H6FO2/c1-11-8-5-7(10)4-6-2-3-12-9(6)8/h2,4-5H,1H3. The third-order valence-electron chi connectivity index (χ3n) is 1.64. The Hall–Kier alpha value is -1.51. The second kappa shape index (κ2) is 2.52. The average molecular weight is 165 g/mol. The SMILES string of the molecule is COc1cc(F)cc2c[c]oc12. The molecule has 0 atom stereocenters. The number of hydrogen-bond acceptors (Lipinski definition) is 2. The zero-order valence-electron chi connectivity index (χ0n) is 6.43. The molecule has 1 heterocycles. The molecule has 0 saturated carbocycles. The van der Waals surface area contributed by atoms with Crippen molar-refractivity contribution in [2.75, 3.05) is 7.11 Å². The molecule has 61 valence electrons. The molecule has 0 unspecified atom stereocenters. The Kier molecular flexibility index (Phi) is 1.50. The van der Waals surface area contributed by atoms with Crippen molar-refractivity contribution in [3.63, 3.8) is 0 Å². The largest absolute Gasteiger partial charge is 0.493 e. The van der Waals surface area contributed by atoms with Crippen molar-refractivity contribution < 1.29 is 13.5 Å². The lowest BCUT2D eigenvalue weighted by Gasteiger charge is -1.99. The second-order valence-electron chi connectivity index (χ2n) is 2.39. The molecule has 3 heteroatoms. The Bertz CT molecular complexity index is 406. The summed E-state index contributed by atoms with van der Waals surface area (Å²) in [4.78, 5) is 0. The number of fused-ring (bicyclic) bond motifs is 1. The maximum absolute atomic E-state index is 12.8. The van der Waals surface area contributed by atoms with E-state index in [4.69, 9.17) is 9.15 Å². The van der Waals surface area contributed by atoms with Gasteiger partial charge in [0.05, 0.1) is 7.11 Å². The molecule has 0 N–H and O–H groups in total. The number of rotatable bonds is 1. The highest BCUT2D eigenvalue weighted by Gasteiger charge is 2.06. The molecule has 0 spiro atoms. The van der Waals surface area contributed by atoms with Crippen molar-refractivity contribution in [1.82, 2.24) is 0 Å². The zero-order valence-corrected chi connectivity index (χ0v) is 6.43. The van der Waals surface area contributed by atoms with Gasteiger partial charge in [-0.25, -0.2) is 4.39 Å². The molecule has 2 rings (SSSR count). The Morgan fingerprint density at radius 2 is 2.33 bits per heavy atom. The van der Waals surface area contributed by atoms with Gasteiger partial charge in [0.25, 0.3) is 0 Å². The molecule has 0 bridgehead atoms. The van der Waals surface area contributed by atoms with Crippen LogP contribution in [0.15, 0.2) is 22.6 Å².